The van der Waals surface area contributed by atoms with E-state index in [1.165, 1.54) is 63.4 Å². The van der Waals surface area contributed by atoms with Crippen molar-refractivity contribution in [1.82, 2.24) is 9.97 Å². The molecule has 0 bridgehead atoms. The Morgan fingerprint density at radius 3 is 2.42 bits per heavy atom. The van der Waals surface area contributed by atoms with Crippen LogP contribution in [-0.4, -0.2) is 27.6 Å². The molecule has 0 radical (unpaired) electrons. The number of nitrogens with zero attached hydrogens (tertiary/aromatic N) is 2. The van der Waals surface area contributed by atoms with Crippen molar-refractivity contribution in [2.45, 2.75) is 69.6 Å². The van der Waals surface area contributed by atoms with Gasteiger partial charge in [0.15, 0.2) is 0 Å². The number of aliphatic hydroxyl groups is 1. The highest BCUT2D eigenvalue weighted by atomic mass is 16.2. The second kappa shape index (κ2) is 11.1. The summed E-state index contributed by atoms with van der Waals surface area (Å²) in [5, 5.41) is 15.9. The number of anilines is 3. The number of carbonyl (C=O) groups is 1. The molecule has 2 fully saturated rings. The number of aromatic nitrogens is 2. The van der Waals surface area contributed by atoms with E-state index in [1.807, 2.05) is 12.1 Å². The number of fused-ring (bicyclic) bond motifs is 1. The van der Waals surface area contributed by atoms with E-state index in [0.29, 0.717) is 16.9 Å². The van der Waals surface area contributed by atoms with Gasteiger partial charge in [-0.1, -0.05) is 50.2 Å². The van der Waals surface area contributed by atoms with Gasteiger partial charge in [0, 0.05) is 23.2 Å². The molecule has 186 valence electrons. The van der Waals surface area contributed by atoms with Gasteiger partial charge in [-0.2, -0.15) is 0 Å². The third-order valence-electron chi connectivity index (χ3n) is 7.73. The van der Waals surface area contributed by atoms with Crippen molar-refractivity contribution in [2.24, 2.45) is 5.92 Å². The largest absolute Gasteiger partial charge is 0.395 e. The average Bonchev–Trinajstić information content (AvgIpc) is 3.67. The predicted octanol–water partition coefficient (Wildman–Crippen LogP) is 6.09. The van der Waals surface area contributed by atoms with Gasteiger partial charge in [0.25, 0.3) is 5.91 Å². The Balaban J connectivity index is 1.32. The van der Waals surface area contributed by atoms with E-state index >= 15 is 0 Å². The van der Waals surface area contributed by atoms with E-state index in [9.17, 15) is 4.79 Å². The van der Waals surface area contributed by atoms with Crippen LogP contribution in [0.4, 0.5) is 17.2 Å². The molecule has 3 aromatic rings. The lowest BCUT2D eigenvalue weighted by Crippen LogP contribution is -2.21. The predicted molar refractivity (Wildman–Crippen MR) is 144 cm³/mol. The summed E-state index contributed by atoms with van der Waals surface area (Å²) in [6.45, 7) is -0.0643. The zero-order valence-corrected chi connectivity index (χ0v) is 20.7. The molecule has 6 heteroatoms. The maximum atomic E-state index is 12.1. The highest BCUT2D eigenvalue weighted by molar-refractivity contribution is 6.05. The zero-order valence-electron chi connectivity index (χ0n) is 20.7. The van der Waals surface area contributed by atoms with E-state index in [0.717, 1.165) is 22.5 Å². The van der Waals surface area contributed by atoms with E-state index in [1.54, 1.807) is 12.4 Å². The van der Waals surface area contributed by atoms with Crippen LogP contribution in [0.3, 0.4) is 0 Å². The lowest BCUT2D eigenvalue weighted by Gasteiger charge is -2.29. The van der Waals surface area contributed by atoms with Crippen LogP contribution < -0.4 is 10.6 Å². The topological polar surface area (TPSA) is 87.1 Å². The van der Waals surface area contributed by atoms with Crippen molar-refractivity contribution in [1.29, 1.82) is 0 Å². The van der Waals surface area contributed by atoms with Gasteiger partial charge in [-0.05, 0) is 78.8 Å². The monoisotopic (exact) mass is 482 g/mol. The van der Waals surface area contributed by atoms with Gasteiger partial charge in [0.2, 0.25) is 0 Å². The molecule has 0 atom stereocenters. The Labute approximate surface area is 212 Å². The molecule has 1 heterocycles. The molecule has 1 amide bonds. The Hall–Kier alpha value is -3.43. The molecule has 36 heavy (non-hydrogen) atoms. The first-order chi connectivity index (χ1) is 17.7. The zero-order chi connectivity index (χ0) is 24.8. The number of amides is 1. The van der Waals surface area contributed by atoms with Crippen LogP contribution in [0.1, 0.15) is 69.8 Å². The van der Waals surface area contributed by atoms with Crippen molar-refractivity contribution < 1.29 is 9.90 Å². The third-order valence-corrected chi connectivity index (χ3v) is 7.73. The summed E-state index contributed by atoms with van der Waals surface area (Å²) >= 11 is 0. The molecule has 6 nitrogen and oxygen atoms in total. The maximum Gasteiger partial charge on any atom is 0.300 e. The van der Waals surface area contributed by atoms with Gasteiger partial charge < -0.3 is 15.7 Å². The first-order valence-corrected chi connectivity index (χ1v) is 13.2. The minimum absolute atomic E-state index is 0.0643. The Bertz CT molecular complexity index is 1260. The molecular formula is C30H34N4O2. The fraction of sp³-hybridized carbons (Fsp3) is 0.433. The van der Waals surface area contributed by atoms with Crippen LogP contribution >= 0.6 is 0 Å². The SMILES string of the molecule is O=C(C#CCCO)Nc1ccc2ncnc(Nc3ccc(C4(C5CCCCCCC5)CC4)cc3)c2c1. The molecule has 0 saturated heterocycles. The number of aliphatic hydroxyl groups excluding tert-OH is 1. The first kappa shape index (κ1) is 24.3. The van der Waals surface area contributed by atoms with E-state index < -0.39 is 5.91 Å². The second-order valence-electron chi connectivity index (χ2n) is 10.1. The highest BCUT2D eigenvalue weighted by Crippen LogP contribution is 2.57. The maximum absolute atomic E-state index is 12.1. The van der Waals surface area contributed by atoms with Crippen LogP contribution in [0.25, 0.3) is 10.9 Å². The van der Waals surface area contributed by atoms with Gasteiger partial charge in [0.05, 0.1) is 12.1 Å². The van der Waals surface area contributed by atoms with Gasteiger partial charge in [-0.3, -0.25) is 4.79 Å². The summed E-state index contributed by atoms with van der Waals surface area (Å²) in [6.07, 6.45) is 14.2. The number of nitrogens with one attached hydrogen (secondary N) is 2. The Kier molecular flexibility index (Phi) is 7.48. The number of hydrogen-bond donors (Lipinski definition) is 3. The van der Waals surface area contributed by atoms with Crippen LogP contribution in [-0.2, 0) is 10.2 Å². The fourth-order valence-corrected chi connectivity index (χ4v) is 5.69. The molecule has 2 saturated carbocycles. The molecule has 1 aromatic heterocycles. The molecule has 2 aliphatic rings. The average molecular weight is 483 g/mol. The summed E-state index contributed by atoms with van der Waals surface area (Å²) in [5.41, 5.74) is 4.27. The summed E-state index contributed by atoms with van der Waals surface area (Å²) in [6, 6.07) is 14.4. The molecule has 0 unspecified atom stereocenters. The normalized spacial score (nSPS) is 17.4. The molecule has 2 aromatic carbocycles. The molecule has 5 rings (SSSR count). The number of rotatable bonds is 6. The van der Waals surface area contributed by atoms with Crippen molar-refractivity contribution in [2.75, 3.05) is 17.2 Å². The van der Waals surface area contributed by atoms with Crippen molar-refractivity contribution >= 4 is 34.0 Å². The minimum atomic E-state index is -0.414. The van der Waals surface area contributed by atoms with Crippen LogP contribution in [0.15, 0.2) is 48.8 Å². The summed E-state index contributed by atoms with van der Waals surface area (Å²) in [5.74, 6) is 6.21. The van der Waals surface area contributed by atoms with Gasteiger partial charge in [-0.15, -0.1) is 0 Å². The molecule has 0 spiro atoms. The van der Waals surface area contributed by atoms with Crippen molar-refractivity contribution in [3.63, 3.8) is 0 Å². The van der Waals surface area contributed by atoms with Crippen molar-refractivity contribution in [3.05, 3.63) is 54.4 Å². The van der Waals surface area contributed by atoms with Crippen LogP contribution in [0.2, 0.25) is 0 Å². The van der Waals surface area contributed by atoms with E-state index in [-0.39, 0.29) is 13.0 Å². The van der Waals surface area contributed by atoms with Gasteiger partial charge in [0.1, 0.15) is 12.1 Å². The van der Waals surface area contributed by atoms with Crippen LogP contribution in [0.5, 0.6) is 0 Å². The minimum Gasteiger partial charge on any atom is -0.395 e. The summed E-state index contributed by atoms with van der Waals surface area (Å²) in [4.78, 5) is 20.9. The lowest BCUT2D eigenvalue weighted by molar-refractivity contribution is -0.111. The second-order valence-corrected chi connectivity index (χ2v) is 10.1. The molecule has 2 aliphatic carbocycles. The van der Waals surface area contributed by atoms with Crippen molar-refractivity contribution in [3.8, 4) is 11.8 Å². The Morgan fingerprint density at radius 1 is 0.972 bits per heavy atom. The smallest absolute Gasteiger partial charge is 0.300 e. The first-order valence-electron chi connectivity index (χ1n) is 13.2. The van der Waals surface area contributed by atoms with E-state index in [4.69, 9.17) is 5.11 Å². The van der Waals surface area contributed by atoms with Gasteiger partial charge in [-0.25, -0.2) is 9.97 Å². The molecule has 3 N–H and O–H groups in total. The van der Waals surface area contributed by atoms with Gasteiger partial charge >= 0.3 is 0 Å². The highest BCUT2D eigenvalue weighted by Gasteiger charge is 2.49. The quantitative estimate of drug-likeness (QED) is 0.370. The Morgan fingerprint density at radius 2 is 1.69 bits per heavy atom. The molecule has 0 aliphatic heterocycles. The fourth-order valence-electron chi connectivity index (χ4n) is 5.69. The standard InChI is InChI=1S/C30H34N4O2/c35-19-7-6-10-28(36)33-25-15-16-27-26(20-25)29(32-21-31-27)34-24-13-11-23(12-14-24)30(17-18-30)22-8-4-2-1-3-5-9-22/h11-16,20-22,35H,1-5,7-9,17-19H2,(H,33,36)(H,31,32,34). The third kappa shape index (κ3) is 5.52. The number of benzene rings is 2. The molecular weight excluding hydrogens is 448 g/mol. The number of hydrogen-bond acceptors (Lipinski definition) is 5. The summed E-state index contributed by atoms with van der Waals surface area (Å²) < 4.78 is 0. The summed E-state index contributed by atoms with van der Waals surface area (Å²) in [7, 11) is 0. The number of carbonyl (C=O) groups excluding carboxylic acids is 1. The van der Waals surface area contributed by atoms with E-state index in [2.05, 4.69) is 56.7 Å². The lowest BCUT2D eigenvalue weighted by atomic mass is 9.75. The van der Waals surface area contributed by atoms with Crippen LogP contribution in [0, 0.1) is 17.8 Å².